The molecule has 3 nitrogen and oxygen atoms in total. The summed E-state index contributed by atoms with van der Waals surface area (Å²) in [7, 11) is 0. The van der Waals surface area contributed by atoms with Crippen LogP contribution in [0.1, 0.15) is 5.56 Å². The largest absolute Gasteiger partial charge is 0.407 e. The molecule has 5 heteroatoms. The van der Waals surface area contributed by atoms with Crippen LogP contribution in [0.2, 0.25) is 5.02 Å². The normalized spacial score (nSPS) is 9.50. The van der Waals surface area contributed by atoms with Gasteiger partial charge in [0.1, 0.15) is 5.02 Å². The molecule has 12 heavy (non-hydrogen) atoms. The minimum absolute atomic E-state index is 0.290. The Kier molecular flexibility index (Phi) is 3.04. The summed E-state index contributed by atoms with van der Waals surface area (Å²) in [6, 6.07) is 3.41. The summed E-state index contributed by atoms with van der Waals surface area (Å²) in [4.78, 5) is 3.05. The molecule has 0 bridgehead atoms. The third-order valence-electron chi connectivity index (χ3n) is 1.43. The molecular formula is C7H6BrClN3+. The summed E-state index contributed by atoms with van der Waals surface area (Å²) in [5, 5.41) is 8.97. The van der Waals surface area contributed by atoms with Crippen LogP contribution in [0.4, 0.5) is 5.69 Å². The van der Waals surface area contributed by atoms with Crippen molar-refractivity contribution in [2.75, 3.05) is 0 Å². The molecule has 0 aliphatic carbocycles. The first kappa shape index (κ1) is 9.46. The van der Waals surface area contributed by atoms with E-state index in [1.807, 2.05) is 0 Å². The van der Waals surface area contributed by atoms with Gasteiger partial charge in [-0.3, -0.25) is 0 Å². The SMILES string of the molecule is N#[N+]c1c(Cl)cc(Br)cc1CN. The number of benzene rings is 1. The Morgan fingerprint density at radius 2 is 2.25 bits per heavy atom. The molecule has 0 radical (unpaired) electrons. The summed E-state index contributed by atoms with van der Waals surface area (Å²) in [5.41, 5.74) is 6.45. The molecule has 0 aromatic heterocycles. The Morgan fingerprint density at radius 1 is 1.58 bits per heavy atom. The number of diazo groups is 1. The molecule has 0 aliphatic rings. The topological polar surface area (TPSA) is 54.2 Å². The lowest BCUT2D eigenvalue weighted by Gasteiger charge is -1.95. The lowest BCUT2D eigenvalue weighted by Crippen LogP contribution is -1.96. The second-order valence-corrected chi connectivity index (χ2v) is 3.52. The van der Waals surface area contributed by atoms with Crippen molar-refractivity contribution in [2.45, 2.75) is 6.54 Å². The van der Waals surface area contributed by atoms with E-state index in [-0.39, 0.29) is 0 Å². The highest BCUT2D eigenvalue weighted by Gasteiger charge is 2.18. The number of hydrogen-bond donors (Lipinski definition) is 1. The fraction of sp³-hybridized carbons (Fsp3) is 0.143. The molecule has 0 unspecified atom stereocenters. The lowest BCUT2D eigenvalue weighted by atomic mass is 10.2. The van der Waals surface area contributed by atoms with Crippen LogP contribution < -0.4 is 5.73 Å². The Labute approximate surface area is 83.3 Å². The van der Waals surface area contributed by atoms with Gasteiger partial charge in [0.05, 0.1) is 5.56 Å². The van der Waals surface area contributed by atoms with E-state index in [1.165, 1.54) is 0 Å². The monoisotopic (exact) mass is 246 g/mol. The molecular weight excluding hydrogens is 241 g/mol. The Bertz CT molecular complexity index is 345. The Balaban J connectivity index is 3.36. The van der Waals surface area contributed by atoms with Crippen molar-refractivity contribution in [3.63, 3.8) is 0 Å². The van der Waals surface area contributed by atoms with Crippen LogP contribution in [0.3, 0.4) is 0 Å². The van der Waals surface area contributed by atoms with Gasteiger partial charge in [0.2, 0.25) is 5.39 Å². The predicted molar refractivity (Wildman–Crippen MR) is 51.8 cm³/mol. The maximum atomic E-state index is 8.59. The summed E-state index contributed by atoms with van der Waals surface area (Å²) in [6.07, 6.45) is 0. The van der Waals surface area contributed by atoms with Gasteiger partial charge in [-0.05, 0) is 12.1 Å². The maximum Gasteiger partial charge on any atom is 0.407 e. The van der Waals surface area contributed by atoms with Crippen LogP contribution in [0.25, 0.3) is 4.98 Å². The van der Waals surface area contributed by atoms with Crippen molar-refractivity contribution in [2.24, 2.45) is 5.73 Å². The molecule has 0 spiro atoms. The van der Waals surface area contributed by atoms with E-state index in [2.05, 4.69) is 20.9 Å². The number of hydrogen-bond acceptors (Lipinski definition) is 2. The minimum atomic E-state index is 0.290. The molecule has 62 valence electrons. The zero-order chi connectivity index (χ0) is 9.14. The van der Waals surface area contributed by atoms with Crippen molar-refractivity contribution in [3.05, 3.63) is 32.2 Å². The van der Waals surface area contributed by atoms with Crippen molar-refractivity contribution >= 4 is 33.2 Å². The average Bonchev–Trinajstić information content (AvgIpc) is 2.03. The van der Waals surface area contributed by atoms with E-state index in [0.29, 0.717) is 22.8 Å². The van der Waals surface area contributed by atoms with Gasteiger partial charge in [0, 0.05) is 11.0 Å². The van der Waals surface area contributed by atoms with Crippen molar-refractivity contribution in [3.8, 4) is 0 Å². The molecule has 0 fully saturated rings. The van der Waals surface area contributed by atoms with Crippen LogP contribution in [-0.4, -0.2) is 0 Å². The molecule has 0 heterocycles. The molecule has 0 saturated heterocycles. The number of rotatable bonds is 1. The van der Waals surface area contributed by atoms with Crippen LogP contribution in [-0.2, 0) is 6.54 Å². The molecule has 0 aliphatic heterocycles. The Morgan fingerprint density at radius 3 is 2.75 bits per heavy atom. The van der Waals surface area contributed by atoms with Gasteiger partial charge >= 0.3 is 5.69 Å². The van der Waals surface area contributed by atoms with Crippen LogP contribution in [0.15, 0.2) is 16.6 Å². The molecule has 1 rings (SSSR count). The second-order valence-electron chi connectivity index (χ2n) is 2.20. The van der Waals surface area contributed by atoms with E-state index in [4.69, 9.17) is 22.7 Å². The molecule has 0 amide bonds. The zero-order valence-electron chi connectivity index (χ0n) is 6.09. The van der Waals surface area contributed by atoms with Gasteiger partial charge in [0.15, 0.2) is 4.98 Å². The average molecular weight is 248 g/mol. The van der Waals surface area contributed by atoms with Gasteiger partial charge in [0.25, 0.3) is 0 Å². The smallest absolute Gasteiger partial charge is 0.326 e. The summed E-state index contributed by atoms with van der Waals surface area (Å²) < 4.78 is 0.820. The summed E-state index contributed by atoms with van der Waals surface area (Å²) in [6.45, 7) is 0.290. The quantitative estimate of drug-likeness (QED) is 0.776. The lowest BCUT2D eigenvalue weighted by molar-refractivity contribution is 1.07. The fourth-order valence-electron chi connectivity index (χ4n) is 0.887. The molecule has 1 aromatic rings. The Hall–Kier alpha value is -0.630. The van der Waals surface area contributed by atoms with E-state index in [9.17, 15) is 0 Å². The summed E-state index contributed by atoms with van der Waals surface area (Å²) in [5.74, 6) is 0. The van der Waals surface area contributed by atoms with E-state index in [1.54, 1.807) is 12.1 Å². The zero-order valence-corrected chi connectivity index (χ0v) is 8.43. The van der Waals surface area contributed by atoms with Crippen molar-refractivity contribution < 1.29 is 0 Å². The molecule has 0 atom stereocenters. The van der Waals surface area contributed by atoms with Gasteiger partial charge in [-0.2, -0.15) is 0 Å². The summed E-state index contributed by atoms with van der Waals surface area (Å²) >= 11 is 9.03. The highest BCUT2D eigenvalue weighted by Crippen LogP contribution is 2.32. The highest BCUT2D eigenvalue weighted by molar-refractivity contribution is 9.10. The van der Waals surface area contributed by atoms with Crippen LogP contribution in [0, 0.1) is 5.39 Å². The minimum Gasteiger partial charge on any atom is -0.326 e. The maximum absolute atomic E-state index is 8.59. The third-order valence-corrected chi connectivity index (χ3v) is 2.17. The first-order chi connectivity index (χ1) is 5.69. The van der Waals surface area contributed by atoms with Crippen molar-refractivity contribution in [1.29, 1.82) is 5.39 Å². The van der Waals surface area contributed by atoms with Gasteiger partial charge in [-0.1, -0.05) is 27.5 Å². The first-order valence-corrected chi connectivity index (χ1v) is 4.39. The first-order valence-electron chi connectivity index (χ1n) is 3.22. The van der Waals surface area contributed by atoms with Crippen LogP contribution in [0.5, 0.6) is 0 Å². The third kappa shape index (κ3) is 1.75. The van der Waals surface area contributed by atoms with E-state index >= 15 is 0 Å². The number of nitrogens with two attached hydrogens (primary N) is 1. The standard InChI is InChI=1S/C7H6BrClN3/c8-5-1-4(3-10)7(12-11)6(9)2-5/h1-2H,3,10H2/q+1. The molecule has 1 aromatic carbocycles. The van der Waals surface area contributed by atoms with Gasteiger partial charge < -0.3 is 5.73 Å². The second kappa shape index (κ2) is 3.85. The van der Waals surface area contributed by atoms with Gasteiger partial charge in [-0.25, -0.2) is 0 Å². The molecule has 0 saturated carbocycles. The highest BCUT2D eigenvalue weighted by atomic mass is 79.9. The van der Waals surface area contributed by atoms with Crippen molar-refractivity contribution in [1.82, 2.24) is 0 Å². The van der Waals surface area contributed by atoms with Crippen LogP contribution >= 0.6 is 27.5 Å². The number of halogens is 2. The predicted octanol–water partition coefficient (Wildman–Crippen LogP) is 3.05. The van der Waals surface area contributed by atoms with Gasteiger partial charge in [-0.15, -0.1) is 0 Å². The molecule has 2 N–H and O–H groups in total. The van der Waals surface area contributed by atoms with E-state index in [0.717, 1.165) is 4.47 Å². The van der Waals surface area contributed by atoms with E-state index < -0.39 is 0 Å². The fourth-order valence-corrected chi connectivity index (χ4v) is 1.80. The number of nitrogens with zero attached hydrogens (tertiary/aromatic N) is 2.